The maximum atomic E-state index is 12.0. The fraction of sp³-hybridized carbons (Fsp3) is 0.636. The third-order valence-corrected chi connectivity index (χ3v) is 3.22. The van der Waals surface area contributed by atoms with Crippen molar-refractivity contribution in [1.82, 2.24) is 0 Å². The molecule has 1 N–H and O–H groups in total. The molecular weight excluding hydrogens is 251 g/mol. The van der Waals surface area contributed by atoms with Gasteiger partial charge in [-0.15, -0.1) is 0 Å². The lowest BCUT2D eigenvalue weighted by Gasteiger charge is -2.33. The minimum Gasteiger partial charge on any atom is -0.511 e. The Labute approximate surface area is 104 Å². The van der Waals surface area contributed by atoms with Gasteiger partial charge in [0.1, 0.15) is 11.3 Å². The first-order chi connectivity index (χ1) is 7.18. The number of halogens is 2. The van der Waals surface area contributed by atoms with Crippen LogP contribution in [0.3, 0.4) is 0 Å². The SMILES string of the molecule is CC1CC(C)(C)C(=O)C(C(=O)C(Cl)Cl)=C1O. The highest BCUT2D eigenvalue weighted by Gasteiger charge is 2.43. The van der Waals surface area contributed by atoms with Crippen molar-refractivity contribution >= 4 is 34.8 Å². The first kappa shape index (κ1) is 13.5. The highest BCUT2D eigenvalue weighted by molar-refractivity contribution is 6.57. The number of carbonyl (C=O) groups excluding carboxylic acids is 2. The van der Waals surface area contributed by atoms with Crippen LogP contribution >= 0.6 is 23.2 Å². The Bertz CT molecular complexity index is 369. The van der Waals surface area contributed by atoms with E-state index in [1.807, 2.05) is 0 Å². The topological polar surface area (TPSA) is 54.4 Å². The van der Waals surface area contributed by atoms with Gasteiger partial charge in [0.2, 0.25) is 5.78 Å². The van der Waals surface area contributed by atoms with Crippen molar-refractivity contribution in [2.45, 2.75) is 32.0 Å². The molecule has 1 aliphatic rings. The fourth-order valence-electron chi connectivity index (χ4n) is 2.00. The zero-order valence-corrected chi connectivity index (χ0v) is 10.9. The zero-order chi connectivity index (χ0) is 12.7. The Kier molecular flexibility index (Phi) is 3.70. The van der Waals surface area contributed by atoms with Gasteiger partial charge >= 0.3 is 0 Å². The van der Waals surface area contributed by atoms with Crippen LogP contribution in [0.1, 0.15) is 27.2 Å². The van der Waals surface area contributed by atoms with Gasteiger partial charge in [0.05, 0.1) is 0 Å². The van der Waals surface area contributed by atoms with Crippen molar-refractivity contribution in [2.24, 2.45) is 11.3 Å². The molecule has 0 radical (unpaired) electrons. The zero-order valence-electron chi connectivity index (χ0n) is 9.38. The van der Waals surface area contributed by atoms with E-state index in [4.69, 9.17) is 23.2 Å². The van der Waals surface area contributed by atoms with Crippen LogP contribution < -0.4 is 0 Å². The molecule has 3 nitrogen and oxygen atoms in total. The highest BCUT2D eigenvalue weighted by atomic mass is 35.5. The minimum absolute atomic E-state index is 0.194. The molecule has 0 fully saturated rings. The monoisotopic (exact) mass is 264 g/mol. The molecule has 0 heterocycles. The molecule has 0 saturated heterocycles. The molecule has 0 aromatic rings. The molecule has 5 heteroatoms. The van der Waals surface area contributed by atoms with Gasteiger partial charge in [-0.2, -0.15) is 0 Å². The molecule has 16 heavy (non-hydrogen) atoms. The summed E-state index contributed by atoms with van der Waals surface area (Å²) in [5.74, 6) is -1.54. The van der Waals surface area contributed by atoms with Crippen LogP contribution in [-0.2, 0) is 9.59 Å². The Morgan fingerprint density at radius 1 is 1.50 bits per heavy atom. The number of hydrogen-bond donors (Lipinski definition) is 1. The summed E-state index contributed by atoms with van der Waals surface area (Å²) >= 11 is 10.9. The molecule has 1 rings (SSSR count). The van der Waals surface area contributed by atoms with Gasteiger partial charge in [-0.25, -0.2) is 0 Å². The van der Waals surface area contributed by atoms with Gasteiger partial charge in [0.25, 0.3) is 0 Å². The Morgan fingerprint density at radius 2 is 2.00 bits per heavy atom. The summed E-state index contributed by atoms with van der Waals surface area (Å²) in [6.45, 7) is 5.24. The summed E-state index contributed by atoms with van der Waals surface area (Å²) in [5.41, 5.74) is -0.905. The Morgan fingerprint density at radius 3 is 2.44 bits per heavy atom. The van der Waals surface area contributed by atoms with E-state index in [1.54, 1.807) is 20.8 Å². The van der Waals surface area contributed by atoms with E-state index in [0.717, 1.165) is 0 Å². The van der Waals surface area contributed by atoms with Crippen LogP contribution in [0.5, 0.6) is 0 Å². The quantitative estimate of drug-likeness (QED) is 0.617. The minimum atomic E-state index is -1.32. The molecule has 0 aliphatic heterocycles. The van der Waals surface area contributed by atoms with Crippen molar-refractivity contribution in [2.75, 3.05) is 0 Å². The Hall–Kier alpha value is -0.540. The molecule has 1 atom stereocenters. The van der Waals surface area contributed by atoms with Crippen molar-refractivity contribution in [3.8, 4) is 0 Å². The van der Waals surface area contributed by atoms with E-state index in [0.29, 0.717) is 6.42 Å². The molecule has 1 aliphatic carbocycles. The number of Topliss-reactive ketones (excluding diaryl/α,β-unsaturated/α-hetero) is 2. The second-order valence-electron chi connectivity index (χ2n) is 4.74. The fourth-order valence-corrected chi connectivity index (χ4v) is 2.22. The number of aliphatic hydroxyl groups is 1. The number of ketones is 2. The lowest BCUT2D eigenvalue weighted by atomic mass is 9.70. The molecule has 90 valence electrons. The smallest absolute Gasteiger partial charge is 0.202 e. The van der Waals surface area contributed by atoms with Crippen molar-refractivity contribution < 1.29 is 14.7 Å². The number of rotatable bonds is 2. The first-order valence-electron chi connectivity index (χ1n) is 4.98. The summed E-state index contributed by atoms with van der Waals surface area (Å²) < 4.78 is 0. The number of alkyl halides is 2. The van der Waals surface area contributed by atoms with Gasteiger partial charge < -0.3 is 5.11 Å². The standard InChI is InChI=1S/C11H14Cl2O3/c1-5-4-11(2,3)9(16)6(7(5)14)8(15)10(12)13/h5,10,14H,4H2,1-3H3. The van der Waals surface area contributed by atoms with Gasteiger partial charge in [-0.1, -0.05) is 44.0 Å². The predicted octanol–water partition coefficient (Wildman–Crippen LogP) is 2.81. The summed E-state index contributed by atoms with van der Waals surface area (Å²) in [7, 11) is 0. The molecule has 0 amide bonds. The second kappa shape index (κ2) is 4.38. The van der Waals surface area contributed by atoms with Crippen LogP contribution in [0, 0.1) is 11.3 Å². The lowest BCUT2D eigenvalue weighted by molar-refractivity contribution is -0.128. The van der Waals surface area contributed by atoms with Crippen LogP contribution in [0.15, 0.2) is 11.3 Å². The molecule has 0 aromatic carbocycles. The van der Waals surface area contributed by atoms with E-state index in [1.165, 1.54) is 0 Å². The van der Waals surface area contributed by atoms with Crippen LogP contribution in [0.2, 0.25) is 0 Å². The highest BCUT2D eigenvalue weighted by Crippen LogP contribution is 2.39. The van der Waals surface area contributed by atoms with Crippen molar-refractivity contribution in [3.05, 3.63) is 11.3 Å². The van der Waals surface area contributed by atoms with E-state index in [2.05, 4.69) is 0 Å². The Balaban J connectivity index is 3.26. The van der Waals surface area contributed by atoms with E-state index in [9.17, 15) is 14.7 Å². The van der Waals surface area contributed by atoms with Gasteiger partial charge in [-0.3, -0.25) is 9.59 Å². The molecule has 0 spiro atoms. The average molecular weight is 265 g/mol. The molecule has 1 unspecified atom stereocenters. The number of aliphatic hydroxyl groups excluding tert-OH is 1. The maximum Gasteiger partial charge on any atom is 0.202 e. The molecule has 0 bridgehead atoms. The van der Waals surface area contributed by atoms with E-state index >= 15 is 0 Å². The third-order valence-electron chi connectivity index (χ3n) is 2.83. The van der Waals surface area contributed by atoms with Gasteiger partial charge in [-0.05, 0) is 6.42 Å². The van der Waals surface area contributed by atoms with Gasteiger partial charge in [0, 0.05) is 11.3 Å². The maximum absolute atomic E-state index is 12.0. The summed E-state index contributed by atoms with van der Waals surface area (Å²) in [6, 6.07) is 0. The van der Waals surface area contributed by atoms with E-state index in [-0.39, 0.29) is 23.0 Å². The largest absolute Gasteiger partial charge is 0.511 e. The predicted molar refractivity (Wildman–Crippen MR) is 62.7 cm³/mol. The summed E-state index contributed by atoms with van der Waals surface area (Å²) in [6.07, 6.45) is 0.504. The summed E-state index contributed by atoms with van der Waals surface area (Å²) in [4.78, 5) is 22.3. The second-order valence-corrected chi connectivity index (χ2v) is 5.84. The molecule has 0 aromatic heterocycles. The van der Waals surface area contributed by atoms with Crippen LogP contribution in [0.25, 0.3) is 0 Å². The van der Waals surface area contributed by atoms with Crippen molar-refractivity contribution in [1.29, 1.82) is 0 Å². The number of allylic oxidation sites excluding steroid dienone is 2. The first-order valence-corrected chi connectivity index (χ1v) is 5.86. The molecular formula is C11H14Cl2O3. The molecule has 0 saturated carbocycles. The lowest BCUT2D eigenvalue weighted by Crippen LogP contribution is -2.38. The van der Waals surface area contributed by atoms with E-state index < -0.39 is 16.0 Å². The number of carbonyl (C=O) groups is 2. The average Bonchev–Trinajstić information content (AvgIpc) is 2.14. The van der Waals surface area contributed by atoms with Crippen molar-refractivity contribution in [3.63, 3.8) is 0 Å². The summed E-state index contributed by atoms with van der Waals surface area (Å²) in [5, 5.41) is 9.78. The normalized spacial score (nSPS) is 25.1. The van der Waals surface area contributed by atoms with Gasteiger partial charge in [0.15, 0.2) is 10.6 Å². The van der Waals surface area contributed by atoms with Crippen LogP contribution in [-0.4, -0.2) is 21.5 Å². The number of hydrogen-bond acceptors (Lipinski definition) is 3. The van der Waals surface area contributed by atoms with Crippen LogP contribution in [0.4, 0.5) is 0 Å². The third kappa shape index (κ3) is 2.25.